The molecule has 0 amide bonds. The summed E-state index contributed by atoms with van der Waals surface area (Å²) in [4.78, 5) is 0. The van der Waals surface area contributed by atoms with Crippen LogP contribution in [0.2, 0.25) is 15.1 Å². The second-order valence-electron chi connectivity index (χ2n) is 3.97. The third kappa shape index (κ3) is 3.44. The number of hydrogen-bond acceptors (Lipinski definition) is 2. The topological polar surface area (TPSA) is 24.1 Å². The number of rotatable bonds is 3. The molecule has 0 aliphatic heterocycles. The maximum Gasteiger partial charge on any atom is 0.0913 e. The highest BCUT2D eigenvalue weighted by atomic mass is 35.5. The molecule has 0 radical (unpaired) electrons. The van der Waals surface area contributed by atoms with Crippen molar-refractivity contribution < 1.29 is 0 Å². The van der Waals surface area contributed by atoms with Gasteiger partial charge in [-0.25, -0.2) is 0 Å². The van der Waals surface area contributed by atoms with Gasteiger partial charge in [0, 0.05) is 10.7 Å². The minimum Gasteiger partial charge on any atom is -0.305 e. The Kier molecular flexibility index (Phi) is 4.43. The molecule has 0 saturated carbocycles. The van der Waals surface area contributed by atoms with E-state index < -0.39 is 0 Å². The van der Waals surface area contributed by atoms with Crippen LogP contribution in [0.1, 0.15) is 25.7 Å². The molecule has 1 aromatic rings. The van der Waals surface area contributed by atoms with E-state index in [0.717, 1.165) is 12.8 Å². The van der Waals surface area contributed by atoms with E-state index in [0.29, 0.717) is 20.8 Å². The summed E-state index contributed by atoms with van der Waals surface area (Å²) in [5.74, 6) is 0. The third-order valence-corrected chi connectivity index (χ3v) is 3.46. The highest BCUT2D eigenvalue weighted by Crippen LogP contribution is 2.33. The van der Waals surface area contributed by atoms with Crippen molar-refractivity contribution >= 4 is 40.5 Å². The van der Waals surface area contributed by atoms with Crippen LogP contribution < -0.4 is 10.9 Å². The van der Waals surface area contributed by atoms with Gasteiger partial charge in [0.15, 0.2) is 0 Å². The lowest BCUT2D eigenvalue weighted by Crippen LogP contribution is -2.22. The first-order valence-electron chi connectivity index (χ1n) is 5.52. The van der Waals surface area contributed by atoms with E-state index in [1.807, 2.05) is 0 Å². The molecule has 0 unspecified atom stereocenters. The summed E-state index contributed by atoms with van der Waals surface area (Å²) in [7, 11) is 0. The molecule has 1 aliphatic carbocycles. The van der Waals surface area contributed by atoms with Gasteiger partial charge in [-0.1, -0.05) is 40.9 Å². The van der Waals surface area contributed by atoms with Crippen molar-refractivity contribution in [2.24, 2.45) is 0 Å². The van der Waals surface area contributed by atoms with E-state index >= 15 is 0 Å². The van der Waals surface area contributed by atoms with Crippen molar-refractivity contribution in [3.05, 3.63) is 39.0 Å². The highest BCUT2D eigenvalue weighted by molar-refractivity contribution is 6.41. The summed E-state index contributed by atoms with van der Waals surface area (Å²) < 4.78 is 0. The van der Waals surface area contributed by atoms with Gasteiger partial charge in [-0.15, -0.1) is 0 Å². The van der Waals surface area contributed by atoms with Gasteiger partial charge in [-0.3, -0.25) is 5.43 Å². The molecule has 2 nitrogen and oxygen atoms in total. The van der Waals surface area contributed by atoms with Crippen molar-refractivity contribution in [3.63, 3.8) is 0 Å². The Balaban J connectivity index is 2.06. The number of hydrazine groups is 1. The first-order valence-corrected chi connectivity index (χ1v) is 6.66. The highest BCUT2D eigenvalue weighted by Gasteiger charge is 2.08. The zero-order valence-electron chi connectivity index (χ0n) is 9.19. The zero-order chi connectivity index (χ0) is 12.3. The molecule has 0 fully saturated rings. The molecule has 0 saturated heterocycles. The summed E-state index contributed by atoms with van der Waals surface area (Å²) in [5, 5.41) is 1.54. The molecule has 0 aromatic heterocycles. The normalized spacial score (nSPS) is 15.4. The molecular formula is C12H13Cl3N2. The first-order chi connectivity index (χ1) is 8.16. The smallest absolute Gasteiger partial charge is 0.0913 e. The standard InChI is InChI=1S/C12H13Cl3N2/c13-8-6-10(14)12(11(15)7-8)17-16-9-4-2-1-3-5-9/h4,6-7,16-17H,1-3,5H2. The van der Waals surface area contributed by atoms with Crippen LogP contribution in [0, 0.1) is 0 Å². The first kappa shape index (κ1) is 12.9. The Morgan fingerprint density at radius 2 is 1.65 bits per heavy atom. The predicted molar refractivity (Wildman–Crippen MR) is 74.8 cm³/mol. The number of halogens is 3. The zero-order valence-corrected chi connectivity index (χ0v) is 11.5. The summed E-state index contributed by atoms with van der Waals surface area (Å²) in [5.41, 5.74) is 8.01. The molecule has 5 heteroatoms. The molecule has 2 rings (SSSR count). The van der Waals surface area contributed by atoms with Gasteiger partial charge in [0.25, 0.3) is 0 Å². The number of nitrogens with one attached hydrogen (secondary N) is 2. The summed E-state index contributed by atoms with van der Waals surface area (Å²) in [6, 6.07) is 3.32. The van der Waals surface area contributed by atoms with Crippen LogP contribution in [0.15, 0.2) is 23.9 Å². The van der Waals surface area contributed by atoms with Crippen molar-refractivity contribution in [2.45, 2.75) is 25.7 Å². The van der Waals surface area contributed by atoms with E-state index in [4.69, 9.17) is 34.8 Å². The van der Waals surface area contributed by atoms with Crippen LogP contribution >= 0.6 is 34.8 Å². The molecule has 0 atom stereocenters. The minimum atomic E-state index is 0.506. The van der Waals surface area contributed by atoms with E-state index in [1.54, 1.807) is 12.1 Å². The Morgan fingerprint density at radius 1 is 0.941 bits per heavy atom. The molecule has 1 aromatic carbocycles. The van der Waals surface area contributed by atoms with Gasteiger partial charge >= 0.3 is 0 Å². The molecule has 0 heterocycles. The number of benzene rings is 1. The molecule has 92 valence electrons. The van der Waals surface area contributed by atoms with Crippen LogP contribution in [-0.4, -0.2) is 0 Å². The van der Waals surface area contributed by atoms with Gasteiger partial charge in [0.1, 0.15) is 0 Å². The summed E-state index contributed by atoms with van der Waals surface area (Å²) in [6.45, 7) is 0. The monoisotopic (exact) mass is 290 g/mol. The molecule has 0 spiro atoms. The molecule has 17 heavy (non-hydrogen) atoms. The lowest BCUT2D eigenvalue weighted by Gasteiger charge is -2.18. The quantitative estimate of drug-likeness (QED) is 0.764. The lowest BCUT2D eigenvalue weighted by molar-refractivity contribution is 0.664. The van der Waals surface area contributed by atoms with Crippen LogP contribution in [-0.2, 0) is 0 Å². The third-order valence-electron chi connectivity index (χ3n) is 2.65. The van der Waals surface area contributed by atoms with Crippen LogP contribution in [0.3, 0.4) is 0 Å². The SMILES string of the molecule is Clc1cc(Cl)c(NNC2=CCCCC2)c(Cl)c1. The van der Waals surface area contributed by atoms with Gasteiger partial charge in [-0.2, -0.15) is 0 Å². The Labute approximate surface area is 116 Å². The Bertz CT molecular complexity index is 420. The fraction of sp³-hybridized carbons (Fsp3) is 0.333. The Hall–Kier alpha value is -0.570. The maximum atomic E-state index is 6.06. The summed E-state index contributed by atoms with van der Waals surface area (Å²) >= 11 is 18.0. The van der Waals surface area contributed by atoms with Crippen molar-refractivity contribution in [1.29, 1.82) is 0 Å². The van der Waals surface area contributed by atoms with Crippen LogP contribution in [0.4, 0.5) is 5.69 Å². The van der Waals surface area contributed by atoms with E-state index in [2.05, 4.69) is 16.9 Å². The largest absolute Gasteiger partial charge is 0.305 e. The predicted octanol–water partition coefficient (Wildman–Crippen LogP) is 5.02. The number of anilines is 1. The van der Waals surface area contributed by atoms with Crippen LogP contribution in [0.5, 0.6) is 0 Å². The molecule has 2 N–H and O–H groups in total. The van der Waals surface area contributed by atoms with Gasteiger partial charge in [0.2, 0.25) is 0 Å². The summed E-state index contributed by atoms with van der Waals surface area (Å²) in [6.07, 6.45) is 6.83. The van der Waals surface area contributed by atoms with Gasteiger partial charge < -0.3 is 5.43 Å². The van der Waals surface area contributed by atoms with Crippen molar-refractivity contribution in [1.82, 2.24) is 5.43 Å². The second-order valence-corrected chi connectivity index (χ2v) is 5.22. The Morgan fingerprint density at radius 3 is 2.24 bits per heavy atom. The van der Waals surface area contributed by atoms with Gasteiger partial charge in [0.05, 0.1) is 15.7 Å². The number of hydrogen-bond donors (Lipinski definition) is 2. The molecular weight excluding hydrogens is 279 g/mol. The fourth-order valence-electron chi connectivity index (χ4n) is 1.76. The number of allylic oxidation sites excluding steroid dienone is 2. The fourth-order valence-corrected chi connectivity index (χ4v) is 2.67. The second kappa shape index (κ2) is 5.85. The van der Waals surface area contributed by atoms with Crippen molar-refractivity contribution in [2.75, 3.05) is 5.43 Å². The lowest BCUT2D eigenvalue weighted by atomic mass is 10.1. The molecule has 0 bridgehead atoms. The average molecular weight is 292 g/mol. The average Bonchev–Trinajstić information content (AvgIpc) is 2.29. The van der Waals surface area contributed by atoms with Gasteiger partial charge in [-0.05, 0) is 37.8 Å². The van der Waals surface area contributed by atoms with E-state index in [9.17, 15) is 0 Å². The van der Waals surface area contributed by atoms with Crippen LogP contribution in [0.25, 0.3) is 0 Å². The molecule has 1 aliphatic rings. The minimum absolute atomic E-state index is 0.506. The van der Waals surface area contributed by atoms with Crippen molar-refractivity contribution in [3.8, 4) is 0 Å². The van der Waals surface area contributed by atoms with E-state index in [1.165, 1.54) is 18.5 Å². The maximum absolute atomic E-state index is 6.06. The van der Waals surface area contributed by atoms with E-state index in [-0.39, 0.29) is 0 Å².